The quantitative estimate of drug-likeness (QED) is 0.0680. The van der Waals surface area contributed by atoms with Gasteiger partial charge < -0.3 is 66.4 Å². The van der Waals surface area contributed by atoms with E-state index in [4.69, 9.17) is 56.2 Å². The van der Waals surface area contributed by atoms with Crippen LogP contribution in [0.4, 0.5) is 4.79 Å². The maximum atomic E-state index is 12.8. The molecule has 17 heteroatoms. The summed E-state index contributed by atoms with van der Waals surface area (Å²) in [6.07, 6.45) is -8.22. The topological polar surface area (TPSA) is 210 Å². The Kier molecular flexibility index (Phi) is 16.9. The summed E-state index contributed by atoms with van der Waals surface area (Å²) >= 11 is 0. The molecule has 3 aliphatic rings. The Bertz CT molecular complexity index is 3530. The number of aliphatic hydroxyl groups excluding tert-OH is 2. The minimum absolute atomic E-state index is 0.291. The van der Waals surface area contributed by atoms with E-state index in [1.165, 1.54) is 19.2 Å². The molecule has 0 aliphatic carbocycles. The highest BCUT2D eigenvalue weighted by Gasteiger charge is 2.60. The van der Waals surface area contributed by atoms with Gasteiger partial charge in [0, 0.05) is 25.3 Å². The van der Waals surface area contributed by atoms with E-state index in [0.717, 1.165) is 22.3 Å². The van der Waals surface area contributed by atoms with Crippen LogP contribution < -0.4 is 30.2 Å². The molecule has 0 amide bonds. The third kappa shape index (κ3) is 11.4. The lowest BCUT2D eigenvalue weighted by Gasteiger charge is -2.47. The smallest absolute Gasteiger partial charge is 0.480 e. The molecule has 8 unspecified atom stereocenters. The Hall–Kier alpha value is -8.03. The van der Waals surface area contributed by atoms with Crippen molar-refractivity contribution in [3.8, 4) is 23.0 Å². The van der Waals surface area contributed by atoms with Gasteiger partial charge in [0.05, 0.1) is 34.1 Å². The molecule has 428 valence electrons. The van der Waals surface area contributed by atoms with Crippen LogP contribution in [0, 0.1) is 13.8 Å². The number of carbonyl (C=O) groups excluding carboxylic acids is 1. The van der Waals surface area contributed by atoms with Crippen LogP contribution in [0.25, 0.3) is 21.9 Å². The summed E-state index contributed by atoms with van der Waals surface area (Å²) in [4.78, 5) is 37.6. The first-order valence-electron chi connectivity index (χ1n) is 27.2. The summed E-state index contributed by atoms with van der Waals surface area (Å²) in [5, 5.41) is 22.7. The summed E-state index contributed by atoms with van der Waals surface area (Å²) in [5.41, 5.74) is 2.59. The summed E-state index contributed by atoms with van der Waals surface area (Å²) in [7, 11) is 3.01. The highest BCUT2D eigenvalue weighted by molar-refractivity contribution is 5.88. The molecule has 0 saturated carbocycles. The molecule has 2 aromatic heterocycles. The molecule has 82 heavy (non-hydrogen) atoms. The minimum atomic E-state index is -1.36. The lowest BCUT2D eigenvalue weighted by molar-refractivity contribution is -0.311. The lowest BCUT2D eigenvalue weighted by Crippen LogP contribution is -2.64. The molecule has 3 saturated heterocycles. The van der Waals surface area contributed by atoms with Gasteiger partial charge in [0.25, 0.3) is 0 Å². The third-order valence-corrected chi connectivity index (χ3v) is 15.7. The second-order valence-corrected chi connectivity index (χ2v) is 20.9. The van der Waals surface area contributed by atoms with Gasteiger partial charge in [-0.25, -0.2) is 14.4 Å². The summed E-state index contributed by atoms with van der Waals surface area (Å²) in [5.74, 6) is 1.47. The van der Waals surface area contributed by atoms with E-state index in [0.29, 0.717) is 68.9 Å². The van der Waals surface area contributed by atoms with Gasteiger partial charge in [0.15, 0.2) is 6.10 Å². The molecule has 3 aliphatic heterocycles. The van der Waals surface area contributed by atoms with E-state index in [2.05, 4.69) is 0 Å². The maximum Gasteiger partial charge on any atom is 0.509 e. The van der Waals surface area contributed by atoms with Crippen LogP contribution in [-0.2, 0) is 28.4 Å². The monoisotopic (exact) mass is 1120 g/mol. The molecule has 0 bridgehead atoms. The van der Waals surface area contributed by atoms with Crippen LogP contribution in [-0.4, -0.2) is 91.0 Å². The standard InChI is InChI=1S/C33H32O9.C32H34O8/c1-5-33(3)30(36-4)28-29(41-32(35)40-28)31(42-33)38-23-17-16-22-24(18-25(34)39-26(22)19(23)2)37-27(20-12-8-6-9-13-20)21-14-10-7-11-15-21;1-5-32(3)30(36-4)26(34)27(35)31(40-32)38-23-17-16-22-24(18-25(33)39-28(22)19(23)2)37-29(20-12-8-6-9-13-20)21-14-10-7-11-15-21/h6-18,27-31H,5H2,1-4H3;6-18,26-27,29-31,34-35H,5H2,1-4H3/t28?,29?,30?,31?,33-;26?,27?,30?,31?,32-/m00/s1. The molecule has 0 spiro atoms. The fourth-order valence-electron chi connectivity index (χ4n) is 11.0. The largest absolute Gasteiger partial charge is 0.509 e. The zero-order chi connectivity index (χ0) is 57.9. The Morgan fingerprint density at radius 2 is 0.866 bits per heavy atom. The van der Waals surface area contributed by atoms with Crippen molar-refractivity contribution in [2.24, 2.45) is 0 Å². The molecular formula is C65H66O17. The third-order valence-electron chi connectivity index (χ3n) is 15.7. The Balaban J connectivity index is 0.000000184. The fraction of sp³-hybridized carbons (Fsp3) is 0.338. The number of methoxy groups -OCH3 is 2. The molecule has 17 nitrogen and oxygen atoms in total. The molecule has 5 heterocycles. The Morgan fingerprint density at radius 1 is 0.488 bits per heavy atom. The summed E-state index contributed by atoms with van der Waals surface area (Å²) < 4.78 is 71.1. The van der Waals surface area contributed by atoms with Gasteiger partial charge in [-0.2, -0.15) is 0 Å². The van der Waals surface area contributed by atoms with Gasteiger partial charge in [-0.1, -0.05) is 135 Å². The molecule has 3 fully saturated rings. The second-order valence-electron chi connectivity index (χ2n) is 20.9. The first-order valence-corrected chi connectivity index (χ1v) is 27.2. The first kappa shape index (κ1) is 57.2. The highest BCUT2D eigenvalue weighted by Crippen LogP contribution is 2.44. The number of fused-ring (bicyclic) bond motifs is 3. The van der Waals surface area contributed by atoms with Crippen molar-refractivity contribution in [1.29, 1.82) is 0 Å². The molecule has 0 radical (unpaired) electrons. The van der Waals surface area contributed by atoms with Gasteiger partial charge >= 0.3 is 17.4 Å². The molecule has 8 aromatic rings. The number of rotatable bonds is 16. The number of carbonyl (C=O) groups is 1. The van der Waals surface area contributed by atoms with E-state index in [1.807, 2.05) is 142 Å². The van der Waals surface area contributed by atoms with Crippen LogP contribution in [0.3, 0.4) is 0 Å². The maximum absolute atomic E-state index is 12.8. The van der Waals surface area contributed by atoms with E-state index in [1.54, 1.807) is 52.1 Å². The van der Waals surface area contributed by atoms with Gasteiger partial charge in [-0.3, -0.25) is 0 Å². The number of hydrogen-bond donors (Lipinski definition) is 2. The van der Waals surface area contributed by atoms with Gasteiger partial charge in [0.1, 0.15) is 70.8 Å². The molecule has 2 N–H and O–H groups in total. The number of ether oxygens (including phenoxy) is 10. The summed E-state index contributed by atoms with van der Waals surface area (Å²) in [6, 6.07) is 48.8. The van der Waals surface area contributed by atoms with E-state index in [-0.39, 0.29) is 0 Å². The number of benzene rings is 6. The number of aryl methyl sites for hydroxylation is 2. The van der Waals surface area contributed by atoms with Crippen molar-refractivity contribution in [2.75, 3.05) is 14.2 Å². The van der Waals surface area contributed by atoms with Gasteiger partial charge in [-0.15, -0.1) is 0 Å². The second kappa shape index (κ2) is 24.2. The van der Waals surface area contributed by atoms with Crippen molar-refractivity contribution in [1.82, 2.24) is 0 Å². The average Bonchev–Trinajstić information content (AvgIpc) is 3.97. The number of hydrogen-bond acceptors (Lipinski definition) is 17. The number of aliphatic hydroxyl groups is 2. The van der Waals surface area contributed by atoms with Crippen molar-refractivity contribution in [3.05, 3.63) is 212 Å². The first-order chi connectivity index (χ1) is 39.6. The van der Waals surface area contributed by atoms with Gasteiger partial charge in [0.2, 0.25) is 18.7 Å². The van der Waals surface area contributed by atoms with E-state index < -0.39 is 90.0 Å². The van der Waals surface area contributed by atoms with Crippen LogP contribution in [0.5, 0.6) is 23.0 Å². The Labute approximate surface area is 473 Å². The van der Waals surface area contributed by atoms with Crippen molar-refractivity contribution >= 4 is 28.1 Å². The molecule has 6 aromatic carbocycles. The van der Waals surface area contributed by atoms with Crippen LogP contribution in [0.2, 0.25) is 0 Å². The van der Waals surface area contributed by atoms with Crippen molar-refractivity contribution in [3.63, 3.8) is 0 Å². The highest BCUT2D eigenvalue weighted by atomic mass is 16.8. The molecular weight excluding hydrogens is 1050 g/mol. The fourth-order valence-corrected chi connectivity index (χ4v) is 11.0. The predicted octanol–water partition coefficient (Wildman–Crippen LogP) is 11.0. The van der Waals surface area contributed by atoms with Crippen molar-refractivity contribution in [2.45, 2.75) is 127 Å². The zero-order valence-corrected chi connectivity index (χ0v) is 46.7. The summed E-state index contributed by atoms with van der Waals surface area (Å²) in [6.45, 7) is 11.1. The SMILES string of the molecule is CC[C@]1(C)OC(Oc2ccc3c(OC(c4ccccc4)c4ccccc4)cc(=O)oc3c2C)C(O)C(O)C1OC.CC[C@]1(C)OC(Oc2ccc3c(OC(c4ccccc4)c4ccccc4)cc(=O)oc3c2C)C2OC(=O)OC2C1OC. The lowest BCUT2D eigenvalue weighted by atomic mass is 9.86. The van der Waals surface area contributed by atoms with E-state index >= 15 is 0 Å². The van der Waals surface area contributed by atoms with E-state index in [9.17, 15) is 24.6 Å². The van der Waals surface area contributed by atoms with Crippen LogP contribution in [0.1, 0.15) is 86.1 Å². The molecule has 10 atom stereocenters. The van der Waals surface area contributed by atoms with Crippen molar-refractivity contribution < 1.29 is 71.2 Å². The normalized spacial score (nSPS) is 25.0. The average molecular weight is 1120 g/mol. The predicted molar refractivity (Wildman–Crippen MR) is 302 cm³/mol. The zero-order valence-electron chi connectivity index (χ0n) is 46.7. The minimum Gasteiger partial charge on any atom is -0.480 e. The van der Waals surface area contributed by atoms with Crippen LogP contribution in [0.15, 0.2) is 176 Å². The Morgan fingerprint density at radius 3 is 1.27 bits per heavy atom. The van der Waals surface area contributed by atoms with Gasteiger partial charge in [-0.05, 0) is 87.1 Å². The van der Waals surface area contributed by atoms with Crippen LogP contribution >= 0.6 is 0 Å². The molecule has 11 rings (SSSR count).